The van der Waals surface area contributed by atoms with Gasteiger partial charge < -0.3 is 23.7 Å². The molecule has 0 spiro atoms. The Balaban J connectivity index is 1.91. The van der Waals surface area contributed by atoms with Crippen LogP contribution in [0, 0.1) is 0 Å². The minimum absolute atomic E-state index is 0.0643. The fourth-order valence-electron chi connectivity index (χ4n) is 4.18. The molecule has 1 amide bonds. The Bertz CT molecular complexity index is 1240. The van der Waals surface area contributed by atoms with Crippen LogP contribution in [-0.2, 0) is 0 Å². The molecule has 32 heavy (non-hydrogen) atoms. The van der Waals surface area contributed by atoms with Crippen molar-refractivity contribution >= 4 is 28.5 Å². The van der Waals surface area contributed by atoms with Gasteiger partial charge in [-0.1, -0.05) is 23.7 Å². The number of hydrogen-bond acceptors (Lipinski definition) is 6. The van der Waals surface area contributed by atoms with E-state index in [1.165, 1.54) is 0 Å². The standard InChI is InChI=1S/C24H25ClN2O5/c1-26(2)11-6-12-27-21(14-9-10-16(30-3)18(13-14)31-4)20-22(28)19-15(25)7-5-8-17(19)32-23(20)24(27)29/h5,7-10,13,21H,6,11-12H2,1-4H3. The lowest BCUT2D eigenvalue weighted by molar-refractivity contribution is 0.0722. The van der Waals surface area contributed by atoms with Gasteiger partial charge in [0, 0.05) is 6.54 Å². The number of amides is 1. The number of rotatable bonds is 7. The number of carbonyl (C=O) groups is 1. The molecule has 0 saturated carbocycles. The Morgan fingerprint density at radius 3 is 2.53 bits per heavy atom. The van der Waals surface area contributed by atoms with Gasteiger partial charge in [0.1, 0.15) is 5.58 Å². The third-order valence-corrected chi connectivity index (χ3v) is 5.99. The lowest BCUT2D eigenvalue weighted by Crippen LogP contribution is -2.32. The molecule has 1 aliphatic heterocycles. The minimum atomic E-state index is -0.614. The summed E-state index contributed by atoms with van der Waals surface area (Å²) >= 11 is 6.34. The van der Waals surface area contributed by atoms with Crippen LogP contribution < -0.4 is 14.9 Å². The van der Waals surface area contributed by atoms with Crippen molar-refractivity contribution in [2.45, 2.75) is 12.5 Å². The summed E-state index contributed by atoms with van der Waals surface area (Å²) in [5.74, 6) is 0.836. The first-order chi connectivity index (χ1) is 15.4. The Morgan fingerprint density at radius 1 is 1.09 bits per heavy atom. The summed E-state index contributed by atoms with van der Waals surface area (Å²) in [5, 5.41) is 0.574. The summed E-state index contributed by atoms with van der Waals surface area (Å²) in [6.45, 7) is 1.26. The number of hydrogen-bond donors (Lipinski definition) is 0. The monoisotopic (exact) mass is 456 g/mol. The molecule has 4 rings (SSSR count). The maximum absolute atomic E-state index is 13.6. The van der Waals surface area contributed by atoms with E-state index in [0.29, 0.717) is 34.2 Å². The maximum atomic E-state index is 13.6. The highest BCUT2D eigenvalue weighted by Gasteiger charge is 2.42. The van der Waals surface area contributed by atoms with Gasteiger partial charge in [-0.05, 0) is 56.9 Å². The zero-order valence-corrected chi connectivity index (χ0v) is 19.2. The highest BCUT2D eigenvalue weighted by Crippen LogP contribution is 2.41. The van der Waals surface area contributed by atoms with E-state index in [0.717, 1.165) is 18.5 Å². The van der Waals surface area contributed by atoms with E-state index in [-0.39, 0.29) is 22.5 Å². The Morgan fingerprint density at radius 2 is 1.84 bits per heavy atom. The summed E-state index contributed by atoms with van der Waals surface area (Å²) in [7, 11) is 7.06. The van der Waals surface area contributed by atoms with E-state index in [1.807, 2.05) is 20.2 Å². The van der Waals surface area contributed by atoms with Crippen molar-refractivity contribution in [3.05, 3.63) is 68.5 Å². The Hall–Kier alpha value is -3.03. The number of carbonyl (C=O) groups excluding carboxylic acids is 1. The molecule has 168 valence electrons. The maximum Gasteiger partial charge on any atom is 0.290 e. The van der Waals surface area contributed by atoms with Crippen molar-refractivity contribution in [3.63, 3.8) is 0 Å². The predicted molar refractivity (Wildman–Crippen MR) is 123 cm³/mol. The SMILES string of the molecule is COc1ccc(C2c3c(oc4cccc(Cl)c4c3=O)C(=O)N2CCCN(C)C)cc1OC. The predicted octanol–water partition coefficient (Wildman–Crippen LogP) is 3.96. The van der Waals surface area contributed by atoms with Crippen LogP contribution in [0.4, 0.5) is 0 Å². The second kappa shape index (κ2) is 8.84. The molecule has 0 saturated heterocycles. The van der Waals surface area contributed by atoms with Crippen molar-refractivity contribution in [3.8, 4) is 11.5 Å². The van der Waals surface area contributed by atoms with Crippen LogP contribution in [0.15, 0.2) is 45.6 Å². The van der Waals surface area contributed by atoms with Crippen molar-refractivity contribution in [1.82, 2.24) is 9.80 Å². The van der Waals surface area contributed by atoms with E-state index in [4.69, 9.17) is 25.5 Å². The normalized spacial score (nSPS) is 15.5. The number of benzene rings is 2. The lowest BCUT2D eigenvalue weighted by atomic mass is 9.98. The highest BCUT2D eigenvalue weighted by molar-refractivity contribution is 6.35. The van der Waals surface area contributed by atoms with E-state index in [1.54, 1.807) is 49.5 Å². The molecular formula is C24H25ClN2O5. The first-order valence-electron chi connectivity index (χ1n) is 10.3. The van der Waals surface area contributed by atoms with Crippen LogP contribution in [0.2, 0.25) is 5.02 Å². The average Bonchev–Trinajstić information content (AvgIpc) is 3.05. The van der Waals surface area contributed by atoms with Crippen molar-refractivity contribution in [1.29, 1.82) is 0 Å². The second-order valence-electron chi connectivity index (χ2n) is 7.96. The molecular weight excluding hydrogens is 432 g/mol. The molecule has 2 aromatic carbocycles. The zero-order chi connectivity index (χ0) is 23.0. The number of nitrogens with zero attached hydrogens (tertiary/aromatic N) is 2. The lowest BCUT2D eigenvalue weighted by Gasteiger charge is -2.26. The van der Waals surface area contributed by atoms with Gasteiger partial charge in [-0.25, -0.2) is 0 Å². The molecule has 0 aliphatic carbocycles. The van der Waals surface area contributed by atoms with E-state index in [2.05, 4.69) is 4.90 Å². The third-order valence-electron chi connectivity index (χ3n) is 5.67. The second-order valence-corrected chi connectivity index (χ2v) is 8.37. The molecule has 0 bridgehead atoms. The number of methoxy groups -OCH3 is 2. The molecule has 8 heteroatoms. The topological polar surface area (TPSA) is 72.2 Å². The van der Waals surface area contributed by atoms with Crippen LogP contribution >= 0.6 is 11.6 Å². The fourth-order valence-corrected chi connectivity index (χ4v) is 4.43. The van der Waals surface area contributed by atoms with Gasteiger partial charge in [0.15, 0.2) is 11.5 Å². The summed E-state index contributed by atoms with van der Waals surface area (Å²) in [6.07, 6.45) is 0.741. The van der Waals surface area contributed by atoms with Crippen molar-refractivity contribution in [2.75, 3.05) is 41.4 Å². The number of ether oxygens (including phenoxy) is 2. The van der Waals surface area contributed by atoms with Gasteiger partial charge in [-0.2, -0.15) is 0 Å². The van der Waals surface area contributed by atoms with Gasteiger partial charge >= 0.3 is 0 Å². The molecule has 1 aromatic heterocycles. The zero-order valence-electron chi connectivity index (χ0n) is 18.5. The van der Waals surface area contributed by atoms with E-state index in [9.17, 15) is 9.59 Å². The van der Waals surface area contributed by atoms with Crippen LogP contribution in [0.3, 0.4) is 0 Å². The first kappa shape index (κ1) is 22.2. The van der Waals surface area contributed by atoms with E-state index >= 15 is 0 Å². The van der Waals surface area contributed by atoms with Crippen LogP contribution in [0.1, 0.15) is 34.1 Å². The van der Waals surface area contributed by atoms with Gasteiger partial charge in [0.2, 0.25) is 11.2 Å². The molecule has 0 N–H and O–H groups in total. The molecule has 2 heterocycles. The van der Waals surface area contributed by atoms with Crippen LogP contribution in [0.25, 0.3) is 11.0 Å². The van der Waals surface area contributed by atoms with E-state index < -0.39 is 6.04 Å². The molecule has 7 nitrogen and oxygen atoms in total. The smallest absolute Gasteiger partial charge is 0.290 e. The van der Waals surface area contributed by atoms with Crippen molar-refractivity contribution < 1.29 is 18.7 Å². The Labute approximate surface area is 191 Å². The largest absolute Gasteiger partial charge is 0.493 e. The summed E-state index contributed by atoms with van der Waals surface area (Å²) in [4.78, 5) is 30.7. The molecule has 0 fully saturated rings. The average molecular weight is 457 g/mol. The summed E-state index contributed by atoms with van der Waals surface area (Å²) in [6, 6.07) is 9.77. The Kier molecular flexibility index (Phi) is 6.13. The summed E-state index contributed by atoms with van der Waals surface area (Å²) < 4.78 is 16.8. The fraction of sp³-hybridized carbons (Fsp3) is 0.333. The van der Waals surface area contributed by atoms with Gasteiger partial charge in [-0.15, -0.1) is 0 Å². The first-order valence-corrected chi connectivity index (χ1v) is 10.7. The number of halogens is 1. The molecule has 1 unspecified atom stereocenters. The van der Waals surface area contributed by atoms with Crippen molar-refractivity contribution in [2.24, 2.45) is 0 Å². The van der Waals surface area contributed by atoms with Gasteiger partial charge in [-0.3, -0.25) is 9.59 Å². The molecule has 1 aliphatic rings. The molecule has 0 radical (unpaired) electrons. The molecule has 1 atom stereocenters. The quantitative estimate of drug-likeness (QED) is 0.536. The van der Waals surface area contributed by atoms with Gasteiger partial charge in [0.25, 0.3) is 5.91 Å². The molecule has 3 aromatic rings. The number of fused-ring (bicyclic) bond motifs is 2. The van der Waals surface area contributed by atoms with Gasteiger partial charge in [0.05, 0.1) is 36.2 Å². The minimum Gasteiger partial charge on any atom is -0.493 e. The summed E-state index contributed by atoms with van der Waals surface area (Å²) in [5.41, 5.74) is 1.04. The third kappa shape index (κ3) is 3.72. The van der Waals surface area contributed by atoms with Crippen LogP contribution in [-0.4, -0.2) is 57.1 Å². The van der Waals surface area contributed by atoms with Crippen LogP contribution in [0.5, 0.6) is 11.5 Å². The highest BCUT2D eigenvalue weighted by atomic mass is 35.5.